The zero-order chi connectivity index (χ0) is 18.9. The number of aromatic nitrogens is 1. The van der Waals surface area contributed by atoms with Crippen LogP contribution in [0.1, 0.15) is 52.4 Å². The summed E-state index contributed by atoms with van der Waals surface area (Å²) >= 11 is 0. The number of hydrogen-bond donors (Lipinski definition) is 1. The Kier molecular flexibility index (Phi) is 7.57. The van der Waals surface area contributed by atoms with E-state index in [1.807, 2.05) is 6.92 Å². The summed E-state index contributed by atoms with van der Waals surface area (Å²) in [5.74, 6) is 0.398. The van der Waals surface area contributed by atoms with Crippen LogP contribution in [0.4, 0.5) is 0 Å². The fraction of sp³-hybridized carbons (Fsp3) is 0.476. The van der Waals surface area contributed by atoms with Crippen LogP contribution in [-0.2, 0) is 7.05 Å². The highest BCUT2D eigenvalue weighted by atomic mass is 16.5. The van der Waals surface area contributed by atoms with E-state index in [2.05, 4.69) is 6.92 Å². The summed E-state index contributed by atoms with van der Waals surface area (Å²) in [7, 11) is 1.66. The van der Waals surface area contributed by atoms with Crippen molar-refractivity contribution < 1.29 is 14.6 Å². The molecule has 1 aromatic heterocycles. The molecule has 0 fully saturated rings. The highest BCUT2D eigenvalue weighted by Gasteiger charge is 2.18. The van der Waals surface area contributed by atoms with Gasteiger partial charge in [0.05, 0.1) is 18.4 Å². The summed E-state index contributed by atoms with van der Waals surface area (Å²) in [4.78, 5) is 12.6. The standard InChI is InChI=1S/C21H29NO4/c1-4-6-7-8-9-10-15-26-20-19(23)16-12-11-13-17(25-14-5-2)18(16)22(3)21(20)24/h5,11-14,23H,4,6-10,15H2,1-3H3. The van der Waals surface area contributed by atoms with Crippen LogP contribution in [0.25, 0.3) is 10.9 Å². The van der Waals surface area contributed by atoms with Gasteiger partial charge in [-0.3, -0.25) is 4.79 Å². The third-order valence-electron chi connectivity index (χ3n) is 4.38. The number of unbranched alkanes of at least 4 members (excludes halogenated alkanes) is 5. The van der Waals surface area contributed by atoms with Gasteiger partial charge in [-0.1, -0.05) is 51.2 Å². The summed E-state index contributed by atoms with van der Waals surface area (Å²) in [6.45, 7) is 4.46. The molecule has 0 radical (unpaired) electrons. The fourth-order valence-corrected chi connectivity index (χ4v) is 2.96. The van der Waals surface area contributed by atoms with Gasteiger partial charge < -0.3 is 19.1 Å². The van der Waals surface area contributed by atoms with E-state index in [1.165, 1.54) is 30.3 Å². The lowest BCUT2D eigenvalue weighted by atomic mass is 10.1. The molecule has 0 saturated carbocycles. The molecule has 2 aromatic rings. The summed E-state index contributed by atoms with van der Waals surface area (Å²) in [5.41, 5.74) is 0.178. The minimum absolute atomic E-state index is 0.0109. The third kappa shape index (κ3) is 4.59. The molecule has 2 rings (SSSR count). The van der Waals surface area contributed by atoms with Crippen molar-refractivity contribution in [2.75, 3.05) is 6.61 Å². The Hall–Kier alpha value is -2.43. The maximum absolute atomic E-state index is 12.6. The normalized spacial score (nSPS) is 11.3. The number of pyridine rings is 1. The second kappa shape index (κ2) is 9.90. The molecule has 0 aliphatic carbocycles. The minimum Gasteiger partial charge on any atom is -0.504 e. The molecule has 0 bridgehead atoms. The topological polar surface area (TPSA) is 60.7 Å². The van der Waals surface area contributed by atoms with Gasteiger partial charge in [0.2, 0.25) is 5.75 Å². The van der Waals surface area contributed by atoms with Crippen LogP contribution < -0.4 is 15.0 Å². The first-order valence-electron chi connectivity index (χ1n) is 9.37. The molecular weight excluding hydrogens is 330 g/mol. The lowest BCUT2D eigenvalue weighted by Gasteiger charge is -2.15. The molecule has 5 nitrogen and oxygen atoms in total. The van der Waals surface area contributed by atoms with Crippen molar-refractivity contribution in [1.29, 1.82) is 0 Å². The van der Waals surface area contributed by atoms with Crippen molar-refractivity contribution in [3.8, 4) is 17.2 Å². The van der Waals surface area contributed by atoms with Crippen LogP contribution in [0.3, 0.4) is 0 Å². The largest absolute Gasteiger partial charge is 0.504 e. The molecule has 26 heavy (non-hydrogen) atoms. The molecule has 0 aliphatic heterocycles. The number of nitrogens with zero attached hydrogens (tertiary/aromatic N) is 1. The predicted octanol–water partition coefficient (Wildman–Crippen LogP) is 4.90. The highest BCUT2D eigenvalue weighted by Crippen LogP contribution is 2.35. The van der Waals surface area contributed by atoms with Gasteiger partial charge in [-0.15, -0.1) is 0 Å². The van der Waals surface area contributed by atoms with E-state index in [-0.39, 0.29) is 17.1 Å². The van der Waals surface area contributed by atoms with Crippen molar-refractivity contribution >= 4 is 10.9 Å². The molecule has 1 aromatic carbocycles. The average molecular weight is 359 g/mol. The Morgan fingerprint density at radius 3 is 2.62 bits per heavy atom. The Morgan fingerprint density at radius 2 is 1.88 bits per heavy atom. The number of aryl methyl sites for hydroxylation is 1. The highest BCUT2D eigenvalue weighted by molar-refractivity contribution is 5.91. The van der Waals surface area contributed by atoms with Crippen molar-refractivity contribution in [3.63, 3.8) is 0 Å². The number of allylic oxidation sites excluding steroid dienone is 1. The van der Waals surface area contributed by atoms with Crippen LogP contribution in [-0.4, -0.2) is 16.3 Å². The van der Waals surface area contributed by atoms with Gasteiger partial charge in [-0.05, 0) is 25.5 Å². The summed E-state index contributed by atoms with van der Waals surface area (Å²) in [6, 6.07) is 5.30. The monoisotopic (exact) mass is 359 g/mol. The molecule has 0 amide bonds. The molecule has 142 valence electrons. The molecule has 0 spiro atoms. The quantitative estimate of drug-likeness (QED) is 0.484. The van der Waals surface area contributed by atoms with Gasteiger partial charge in [0.25, 0.3) is 5.56 Å². The maximum atomic E-state index is 12.6. The Labute approximate surface area is 154 Å². The van der Waals surface area contributed by atoms with E-state index in [4.69, 9.17) is 9.47 Å². The van der Waals surface area contributed by atoms with Crippen molar-refractivity contribution in [2.24, 2.45) is 7.05 Å². The molecule has 0 atom stereocenters. The Bertz CT molecular complexity index is 808. The third-order valence-corrected chi connectivity index (χ3v) is 4.38. The first kappa shape index (κ1) is 19.9. The van der Waals surface area contributed by atoms with Crippen LogP contribution in [0.5, 0.6) is 17.2 Å². The zero-order valence-electron chi connectivity index (χ0n) is 16.0. The van der Waals surface area contributed by atoms with E-state index < -0.39 is 0 Å². The van der Waals surface area contributed by atoms with E-state index in [9.17, 15) is 9.90 Å². The lowest BCUT2D eigenvalue weighted by Crippen LogP contribution is -2.20. The van der Waals surface area contributed by atoms with Crippen LogP contribution >= 0.6 is 0 Å². The van der Waals surface area contributed by atoms with Crippen LogP contribution in [0.2, 0.25) is 0 Å². The van der Waals surface area contributed by atoms with Gasteiger partial charge in [-0.25, -0.2) is 0 Å². The van der Waals surface area contributed by atoms with E-state index in [0.29, 0.717) is 23.3 Å². The SMILES string of the molecule is CC=COc1cccc2c(O)c(OCCCCCCCC)c(=O)n(C)c12. The molecular formula is C21H29NO4. The maximum Gasteiger partial charge on any atom is 0.297 e. The summed E-state index contributed by atoms with van der Waals surface area (Å²) in [5, 5.41) is 11.1. The molecule has 0 unspecified atom stereocenters. The number of ether oxygens (including phenoxy) is 2. The van der Waals surface area contributed by atoms with Gasteiger partial charge in [0.15, 0.2) is 11.5 Å². The molecule has 0 saturated heterocycles. The van der Waals surface area contributed by atoms with Gasteiger partial charge in [-0.2, -0.15) is 0 Å². The minimum atomic E-state index is -0.363. The van der Waals surface area contributed by atoms with Gasteiger partial charge in [0.1, 0.15) is 0 Å². The average Bonchev–Trinajstić information content (AvgIpc) is 2.65. The van der Waals surface area contributed by atoms with Gasteiger partial charge in [0, 0.05) is 12.4 Å². The number of para-hydroxylation sites is 1. The van der Waals surface area contributed by atoms with E-state index in [0.717, 1.165) is 12.8 Å². The van der Waals surface area contributed by atoms with Crippen molar-refractivity contribution in [1.82, 2.24) is 4.57 Å². The summed E-state index contributed by atoms with van der Waals surface area (Å²) in [6.07, 6.45) is 10.1. The predicted molar refractivity (Wildman–Crippen MR) is 105 cm³/mol. The molecule has 1 heterocycles. The number of benzene rings is 1. The Morgan fingerprint density at radius 1 is 1.15 bits per heavy atom. The fourth-order valence-electron chi connectivity index (χ4n) is 2.96. The van der Waals surface area contributed by atoms with Crippen LogP contribution in [0.15, 0.2) is 35.3 Å². The smallest absolute Gasteiger partial charge is 0.297 e. The number of fused-ring (bicyclic) bond motifs is 1. The zero-order valence-corrected chi connectivity index (χ0v) is 16.0. The van der Waals surface area contributed by atoms with Gasteiger partial charge >= 0.3 is 0 Å². The van der Waals surface area contributed by atoms with Crippen LogP contribution in [0, 0.1) is 0 Å². The van der Waals surface area contributed by atoms with E-state index in [1.54, 1.807) is 37.6 Å². The summed E-state index contributed by atoms with van der Waals surface area (Å²) < 4.78 is 12.7. The molecule has 1 N–H and O–H groups in total. The van der Waals surface area contributed by atoms with Crippen molar-refractivity contribution in [3.05, 3.63) is 40.9 Å². The number of rotatable bonds is 10. The second-order valence-corrected chi connectivity index (χ2v) is 6.40. The second-order valence-electron chi connectivity index (χ2n) is 6.40. The Balaban J connectivity index is 2.20. The number of hydrogen-bond acceptors (Lipinski definition) is 4. The molecule has 5 heteroatoms. The van der Waals surface area contributed by atoms with E-state index >= 15 is 0 Å². The molecule has 0 aliphatic rings. The first-order chi connectivity index (χ1) is 12.6. The number of aromatic hydroxyl groups is 1. The van der Waals surface area contributed by atoms with Crippen molar-refractivity contribution in [2.45, 2.75) is 52.4 Å². The lowest BCUT2D eigenvalue weighted by molar-refractivity contribution is 0.284. The first-order valence-corrected chi connectivity index (χ1v) is 9.37.